The van der Waals surface area contributed by atoms with E-state index in [-0.39, 0.29) is 6.03 Å². The standard InChI is InChI=1S/C21H26N6O/c1-14-13-22-24-19(14)17-9-11-27(12-10-17)21(28)23-20-18(15(2)25-26(20)3)16-7-5-4-6-8-16/h4-8,13,17H,9-12H2,1-3H3,(H,22,24)(H,23,28). The third-order valence-electron chi connectivity index (χ3n) is 5.57. The molecule has 0 unspecified atom stereocenters. The van der Waals surface area contributed by atoms with Crippen LogP contribution in [-0.2, 0) is 7.05 Å². The van der Waals surface area contributed by atoms with Crippen molar-refractivity contribution in [1.29, 1.82) is 0 Å². The molecular formula is C21H26N6O. The highest BCUT2D eigenvalue weighted by molar-refractivity contribution is 5.93. The lowest BCUT2D eigenvalue weighted by atomic mass is 9.92. The number of aromatic nitrogens is 4. The molecule has 7 nitrogen and oxygen atoms in total. The maximum atomic E-state index is 12.9. The average molecular weight is 378 g/mol. The molecule has 3 heterocycles. The van der Waals surface area contributed by atoms with E-state index >= 15 is 0 Å². The number of urea groups is 1. The molecule has 0 atom stereocenters. The maximum absolute atomic E-state index is 12.9. The van der Waals surface area contributed by atoms with Crippen LogP contribution in [0, 0.1) is 13.8 Å². The molecule has 1 aliphatic rings. The number of anilines is 1. The third kappa shape index (κ3) is 3.40. The topological polar surface area (TPSA) is 78.8 Å². The van der Waals surface area contributed by atoms with E-state index in [1.807, 2.05) is 55.4 Å². The molecule has 0 spiro atoms. The van der Waals surface area contributed by atoms with E-state index in [4.69, 9.17) is 0 Å². The molecule has 0 bridgehead atoms. The number of rotatable bonds is 3. The summed E-state index contributed by atoms with van der Waals surface area (Å²) in [5.74, 6) is 1.17. The van der Waals surface area contributed by atoms with Gasteiger partial charge < -0.3 is 4.90 Å². The molecule has 0 radical (unpaired) electrons. The Morgan fingerprint density at radius 1 is 1.18 bits per heavy atom. The van der Waals surface area contributed by atoms with Crippen LogP contribution in [0.1, 0.15) is 35.7 Å². The number of H-pyrrole nitrogens is 1. The summed E-state index contributed by atoms with van der Waals surface area (Å²) in [5.41, 5.74) is 5.32. The molecule has 2 N–H and O–H groups in total. The summed E-state index contributed by atoms with van der Waals surface area (Å²) in [5, 5.41) is 14.9. The molecule has 2 aromatic heterocycles. The Morgan fingerprint density at radius 2 is 1.89 bits per heavy atom. The van der Waals surface area contributed by atoms with Crippen LogP contribution < -0.4 is 5.32 Å². The van der Waals surface area contributed by atoms with E-state index in [0.29, 0.717) is 5.92 Å². The van der Waals surface area contributed by atoms with Gasteiger partial charge in [-0.3, -0.25) is 15.1 Å². The van der Waals surface area contributed by atoms with Crippen molar-refractivity contribution in [3.63, 3.8) is 0 Å². The van der Waals surface area contributed by atoms with Crippen molar-refractivity contribution >= 4 is 11.8 Å². The van der Waals surface area contributed by atoms with Crippen LogP contribution in [0.2, 0.25) is 0 Å². The summed E-state index contributed by atoms with van der Waals surface area (Å²) >= 11 is 0. The Morgan fingerprint density at radius 3 is 2.54 bits per heavy atom. The fraction of sp³-hybridized carbons (Fsp3) is 0.381. The largest absolute Gasteiger partial charge is 0.324 e. The quantitative estimate of drug-likeness (QED) is 0.727. The van der Waals surface area contributed by atoms with E-state index in [0.717, 1.165) is 48.6 Å². The number of carbonyl (C=O) groups excluding carboxylic acids is 1. The normalized spacial score (nSPS) is 15.0. The maximum Gasteiger partial charge on any atom is 0.323 e. The van der Waals surface area contributed by atoms with Gasteiger partial charge in [0.15, 0.2) is 0 Å². The first-order valence-corrected chi connectivity index (χ1v) is 9.69. The zero-order valence-electron chi connectivity index (χ0n) is 16.6. The summed E-state index contributed by atoms with van der Waals surface area (Å²) in [7, 11) is 1.86. The highest BCUT2D eigenvalue weighted by Gasteiger charge is 2.27. The number of likely N-dealkylation sites (tertiary alicyclic amines) is 1. The Kier molecular flexibility index (Phi) is 4.90. The SMILES string of the molecule is Cc1cn[nH]c1C1CCN(C(=O)Nc2c(-c3ccccc3)c(C)nn2C)CC1. The van der Waals surface area contributed by atoms with Crippen molar-refractivity contribution < 1.29 is 4.79 Å². The first kappa shape index (κ1) is 18.3. The van der Waals surface area contributed by atoms with Gasteiger partial charge in [-0.15, -0.1) is 0 Å². The van der Waals surface area contributed by atoms with Crippen LogP contribution in [0.5, 0.6) is 0 Å². The van der Waals surface area contributed by atoms with Gasteiger partial charge in [0.25, 0.3) is 0 Å². The predicted octanol–water partition coefficient (Wildman–Crippen LogP) is 3.84. The van der Waals surface area contributed by atoms with E-state index < -0.39 is 0 Å². The van der Waals surface area contributed by atoms with Gasteiger partial charge in [0.05, 0.1) is 11.9 Å². The van der Waals surface area contributed by atoms with Crippen LogP contribution in [-0.4, -0.2) is 44.0 Å². The van der Waals surface area contributed by atoms with Gasteiger partial charge >= 0.3 is 6.03 Å². The summed E-state index contributed by atoms with van der Waals surface area (Å²) in [6, 6.07) is 9.99. The van der Waals surface area contributed by atoms with Crippen LogP contribution in [0.3, 0.4) is 0 Å². The van der Waals surface area contributed by atoms with E-state index in [9.17, 15) is 4.79 Å². The fourth-order valence-electron chi connectivity index (χ4n) is 4.07. The smallest absolute Gasteiger partial charge is 0.323 e. The molecule has 7 heteroatoms. The minimum atomic E-state index is -0.0695. The van der Waals surface area contributed by atoms with E-state index in [1.165, 1.54) is 11.3 Å². The predicted molar refractivity (Wildman–Crippen MR) is 109 cm³/mol. The van der Waals surface area contributed by atoms with Crippen molar-refractivity contribution in [1.82, 2.24) is 24.9 Å². The molecule has 1 aliphatic heterocycles. The second-order valence-corrected chi connectivity index (χ2v) is 7.46. The number of nitrogens with zero attached hydrogens (tertiary/aromatic N) is 4. The number of hydrogen-bond acceptors (Lipinski definition) is 3. The Bertz CT molecular complexity index is 966. The second kappa shape index (κ2) is 7.50. The van der Waals surface area contributed by atoms with Gasteiger partial charge in [-0.1, -0.05) is 30.3 Å². The number of nitrogens with one attached hydrogen (secondary N) is 2. The molecule has 4 rings (SSSR count). The van der Waals surface area contributed by atoms with Crippen LogP contribution in [0.15, 0.2) is 36.5 Å². The Labute approximate surface area is 164 Å². The zero-order valence-corrected chi connectivity index (χ0v) is 16.6. The molecule has 146 valence electrons. The second-order valence-electron chi connectivity index (χ2n) is 7.46. The third-order valence-corrected chi connectivity index (χ3v) is 5.57. The number of piperidine rings is 1. The minimum absolute atomic E-state index is 0.0695. The van der Waals surface area contributed by atoms with Gasteiger partial charge in [0.2, 0.25) is 0 Å². The van der Waals surface area contributed by atoms with E-state index in [1.54, 1.807) is 4.68 Å². The summed E-state index contributed by atoms with van der Waals surface area (Å²) in [6.45, 7) is 5.50. The molecule has 3 aromatic rings. The lowest BCUT2D eigenvalue weighted by Gasteiger charge is -2.32. The Hall–Kier alpha value is -3.09. The molecular weight excluding hydrogens is 352 g/mol. The van der Waals surface area contributed by atoms with Crippen molar-refractivity contribution in [3.05, 3.63) is 53.5 Å². The first-order chi connectivity index (χ1) is 13.5. The van der Waals surface area contributed by atoms with Crippen LogP contribution in [0.25, 0.3) is 11.1 Å². The molecule has 28 heavy (non-hydrogen) atoms. The average Bonchev–Trinajstić information content (AvgIpc) is 3.25. The minimum Gasteiger partial charge on any atom is -0.324 e. The van der Waals surface area contributed by atoms with Gasteiger partial charge in [-0.05, 0) is 37.8 Å². The van der Waals surface area contributed by atoms with Gasteiger partial charge in [0, 0.05) is 37.3 Å². The highest BCUT2D eigenvalue weighted by Crippen LogP contribution is 2.32. The summed E-state index contributed by atoms with van der Waals surface area (Å²) in [6.07, 6.45) is 3.74. The molecule has 1 saturated heterocycles. The number of aromatic amines is 1. The van der Waals surface area contributed by atoms with Gasteiger partial charge in [-0.25, -0.2) is 4.79 Å². The van der Waals surface area contributed by atoms with E-state index in [2.05, 4.69) is 27.5 Å². The molecule has 0 saturated carbocycles. The molecule has 1 fully saturated rings. The van der Waals surface area contributed by atoms with Crippen LogP contribution in [0.4, 0.5) is 10.6 Å². The first-order valence-electron chi connectivity index (χ1n) is 9.69. The Balaban J connectivity index is 1.47. The van der Waals surface area contributed by atoms with Gasteiger partial charge in [0.1, 0.15) is 5.82 Å². The van der Waals surface area contributed by atoms with Crippen molar-refractivity contribution in [2.45, 2.75) is 32.6 Å². The fourth-order valence-corrected chi connectivity index (χ4v) is 4.07. The highest BCUT2D eigenvalue weighted by atomic mass is 16.2. The number of carbonyl (C=O) groups is 1. The summed E-state index contributed by atoms with van der Waals surface area (Å²) in [4.78, 5) is 14.8. The van der Waals surface area contributed by atoms with Crippen LogP contribution >= 0.6 is 0 Å². The lowest BCUT2D eigenvalue weighted by molar-refractivity contribution is 0.194. The number of amides is 2. The van der Waals surface area contributed by atoms with Crippen molar-refractivity contribution in [2.24, 2.45) is 7.05 Å². The molecule has 1 aromatic carbocycles. The number of benzene rings is 1. The van der Waals surface area contributed by atoms with Crippen molar-refractivity contribution in [3.8, 4) is 11.1 Å². The molecule has 2 amide bonds. The lowest BCUT2D eigenvalue weighted by Crippen LogP contribution is -2.41. The number of aryl methyl sites for hydroxylation is 3. The summed E-state index contributed by atoms with van der Waals surface area (Å²) < 4.78 is 1.75. The van der Waals surface area contributed by atoms with Gasteiger partial charge in [-0.2, -0.15) is 10.2 Å². The monoisotopic (exact) mass is 378 g/mol. The number of hydrogen-bond donors (Lipinski definition) is 2. The molecule has 0 aliphatic carbocycles. The van der Waals surface area contributed by atoms with Crippen molar-refractivity contribution in [2.75, 3.05) is 18.4 Å². The zero-order chi connectivity index (χ0) is 19.7.